The summed E-state index contributed by atoms with van der Waals surface area (Å²) in [6.07, 6.45) is 6.83. The molecule has 1 aromatic rings. The van der Waals surface area contributed by atoms with E-state index in [-0.39, 0.29) is 5.91 Å². The lowest BCUT2D eigenvalue weighted by Crippen LogP contribution is -2.55. The number of nitrogens with one attached hydrogen (secondary N) is 1. The van der Waals surface area contributed by atoms with Gasteiger partial charge < -0.3 is 5.32 Å². The molecule has 0 unspecified atom stereocenters. The minimum absolute atomic E-state index is 0.101. The van der Waals surface area contributed by atoms with E-state index in [0.29, 0.717) is 6.04 Å². The van der Waals surface area contributed by atoms with Crippen LogP contribution in [0.1, 0.15) is 42.5 Å². The number of carbonyl (C=O) groups excluding carboxylic acids is 1. The van der Waals surface area contributed by atoms with Crippen molar-refractivity contribution in [1.82, 2.24) is 5.32 Å². The molecule has 1 amide bonds. The van der Waals surface area contributed by atoms with Crippen LogP contribution in [0.15, 0.2) is 28.7 Å². The Balaban J connectivity index is 1.50. The van der Waals surface area contributed by atoms with E-state index >= 15 is 0 Å². The van der Waals surface area contributed by atoms with Crippen LogP contribution in [0.25, 0.3) is 0 Å². The number of hydrogen-bond acceptors (Lipinski definition) is 1. The van der Waals surface area contributed by atoms with Gasteiger partial charge in [0, 0.05) is 16.1 Å². The highest BCUT2D eigenvalue weighted by Gasteiger charge is 2.48. The third-order valence-electron chi connectivity index (χ3n) is 5.61. The van der Waals surface area contributed by atoms with E-state index in [9.17, 15) is 4.79 Å². The highest BCUT2D eigenvalue weighted by Crippen LogP contribution is 2.53. The molecule has 1 N–H and O–H groups in total. The Kier molecular flexibility index (Phi) is 3.13. The van der Waals surface area contributed by atoms with Crippen molar-refractivity contribution < 1.29 is 4.79 Å². The van der Waals surface area contributed by atoms with Gasteiger partial charge in [-0.05, 0) is 74.0 Å². The van der Waals surface area contributed by atoms with E-state index in [0.717, 1.165) is 33.7 Å². The van der Waals surface area contributed by atoms with Gasteiger partial charge in [0.05, 0.1) is 0 Å². The van der Waals surface area contributed by atoms with Crippen LogP contribution in [0, 0.1) is 23.7 Å². The first-order valence-electron chi connectivity index (χ1n) is 7.75. The molecule has 4 fully saturated rings. The van der Waals surface area contributed by atoms with Crippen LogP contribution >= 0.6 is 15.9 Å². The molecular formula is C17H20BrNO. The molecule has 0 aromatic heterocycles. The number of halogens is 1. The number of benzene rings is 1. The Morgan fingerprint density at radius 2 is 1.70 bits per heavy atom. The Bertz CT molecular complexity index is 514. The van der Waals surface area contributed by atoms with Gasteiger partial charge in [0.2, 0.25) is 0 Å². The average molecular weight is 334 g/mol. The molecule has 4 bridgehead atoms. The standard InChI is InChI=1S/C17H20BrNO/c18-15-3-1-2-12(9-15)17(20)19-16-13-5-10-4-11(7-13)8-14(16)6-10/h1-3,9-11,13-14,16H,4-8H2,(H,19,20). The molecule has 0 aliphatic heterocycles. The zero-order valence-corrected chi connectivity index (χ0v) is 13.1. The largest absolute Gasteiger partial charge is 0.349 e. The molecule has 0 saturated heterocycles. The molecule has 4 saturated carbocycles. The molecule has 0 radical (unpaired) electrons. The molecule has 106 valence electrons. The second-order valence-corrected chi connectivity index (χ2v) is 7.86. The smallest absolute Gasteiger partial charge is 0.251 e. The van der Waals surface area contributed by atoms with Gasteiger partial charge in [0.15, 0.2) is 0 Å². The summed E-state index contributed by atoms with van der Waals surface area (Å²) in [5, 5.41) is 3.35. The van der Waals surface area contributed by atoms with Crippen LogP contribution in [0.4, 0.5) is 0 Å². The Hall–Kier alpha value is -0.830. The molecule has 20 heavy (non-hydrogen) atoms. The fourth-order valence-electron chi connectivity index (χ4n) is 5.03. The van der Waals surface area contributed by atoms with Crippen molar-refractivity contribution in [3.05, 3.63) is 34.3 Å². The molecule has 3 heteroatoms. The first-order chi connectivity index (χ1) is 9.69. The minimum Gasteiger partial charge on any atom is -0.349 e. The van der Waals surface area contributed by atoms with Gasteiger partial charge in [-0.15, -0.1) is 0 Å². The quantitative estimate of drug-likeness (QED) is 0.870. The Labute approximate surface area is 128 Å². The number of hydrogen-bond donors (Lipinski definition) is 1. The third kappa shape index (κ3) is 2.20. The lowest BCUT2D eigenvalue weighted by molar-refractivity contribution is -0.0119. The fraction of sp³-hybridized carbons (Fsp3) is 0.588. The maximum absolute atomic E-state index is 12.5. The van der Waals surface area contributed by atoms with Crippen molar-refractivity contribution >= 4 is 21.8 Å². The maximum Gasteiger partial charge on any atom is 0.251 e. The average Bonchev–Trinajstić information content (AvgIpc) is 2.42. The first kappa shape index (κ1) is 12.9. The summed E-state index contributed by atoms with van der Waals surface area (Å²) >= 11 is 3.44. The third-order valence-corrected chi connectivity index (χ3v) is 6.10. The molecule has 5 rings (SSSR count). The molecule has 2 nitrogen and oxygen atoms in total. The van der Waals surface area contributed by atoms with Crippen LogP contribution in [-0.2, 0) is 0 Å². The molecular weight excluding hydrogens is 314 g/mol. The van der Waals surface area contributed by atoms with Gasteiger partial charge in [0.1, 0.15) is 0 Å². The maximum atomic E-state index is 12.5. The molecule has 1 aromatic carbocycles. The van der Waals surface area contributed by atoms with Gasteiger partial charge in [-0.25, -0.2) is 0 Å². The van der Waals surface area contributed by atoms with Crippen LogP contribution in [-0.4, -0.2) is 11.9 Å². The molecule has 0 heterocycles. The van der Waals surface area contributed by atoms with Crippen molar-refractivity contribution in [2.75, 3.05) is 0 Å². The number of amides is 1. The summed E-state index contributed by atoms with van der Waals surface area (Å²) in [4.78, 5) is 12.5. The Morgan fingerprint density at radius 3 is 2.30 bits per heavy atom. The molecule has 4 aliphatic rings. The summed E-state index contributed by atoms with van der Waals surface area (Å²) in [5.41, 5.74) is 0.771. The van der Waals surface area contributed by atoms with E-state index in [2.05, 4.69) is 21.2 Å². The SMILES string of the molecule is O=C(NC1C2CC3CC(C2)CC1C3)c1cccc(Br)c1. The van der Waals surface area contributed by atoms with E-state index in [1.165, 1.54) is 32.1 Å². The number of carbonyl (C=O) groups is 1. The van der Waals surface area contributed by atoms with Crippen molar-refractivity contribution in [1.29, 1.82) is 0 Å². The van der Waals surface area contributed by atoms with Gasteiger partial charge >= 0.3 is 0 Å². The predicted molar refractivity (Wildman–Crippen MR) is 82.4 cm³/mol. The van der Waals surface area contributed by atoms with Gasteiger partial charge in [-0.3, -0.25) is 4.79 Å². The topological polar surface area (TPSA) is 29.1 Å². The fourth-order valence-corrected chi connectivity index (χ4v) is 5.42. The van der Waals surface area contributed by atoms with Crippen LogP contribution in [0.5, 0.6) is 0 Å². The second-order valence-electron chi connectivity index (χ2n) is 6.94. The van der Waals surface area contributed by atoms with Gasteiger partial charge in [-0.1, -0.05) is 22.0 Å². The lowest BCUT2D eigenvalue weighted by Gasteiger charge is -2.54. The summed E-state index contributed by atoms with van der Waals surface area (Å²) in [6.45, 7) is 0. The lowest BCUT2D eigenvalue weighted by atomic mass is 9.54. The zero-order chi connectivity index (χ0) is 13.7. The van der Waals surface area contributed by atoms with Crippen LogP contribution in [0.3, 0.4) is 0 Å². The van der Waals surface area contributed by atoms with Crippen molar-refractivity contribution in [2.45, 2.75) is 38.1 Å². The molecule has 0 spiro atoms. The summed E-state index contributed by atoms with van der Waals surface area (Å²) < 4.78 is 0.968. The predicted octanol–water partition coefficient (Wildman–Crippen LogP) is 4.00. The summed E-state index contributed by atoms with van der Waals surface area (Å²) in [7, 11) is 0. The van der Waals surface area contributed by atoms with E-state index in [1.807, 2.05) is 24.3 Å². The zero-order valence-electron chi connectivity index (χ0n) is 11.5. The minimum atomic E-state index is 0.101. The van der Waals surface area contributed by atoms with Gasteiger partial charge in [-0.2, -0.15) is 0 Å². The van der Waals surface area contributed by atoms with E-state index < -0.39 is 0 Å². The number of rotatable bonds is 2. The first-order valence-corrected chi connectivity index (χ1v) is 8.55. The van der Waals surface area contributed by atoms with Crippen molar-refractivity contribution in [3.8, 4) is 0 Å². The molecule has 4 aliphatic carbocycles. The van der Waals surface area contributed by atoms with E-state index in [4.69, 9.17) is 0 Å². The second kappa shape index (κ2) is 4.87. The molecule has 0 atom stereocenters. The normalized spacial score (nSPS) is 38.0. The van der Waals surface area contributed by atoms with Gasteiger partial charge in [0.25, 0.3) is 5.91 Å². The Morgan fingerprint density at radius 1 is 1.05 bits per heavy atom. The highest BCUT2D eigenvalue weighted by molar-refractivity contribution is 9.10. The summed E-state index contributed by atoms with van der Waals surface area (Å²) in [6, 6.07) is 8.12. The summed E-state index contributed by atoms with van der Waals surface area (Å²) in [5.74, 6) is 3.49. The van der Waals surface area contributed by atoms with Crippen molar-refractivity contribution in [2.24, 2.45) is 23.7 Å². The monoisotopic (exact) mass is 333 g/mol. The highest BCUT2D eigenvalue weighted by atomic mass is 79.9. The van der Waals surface area contributed by atoms with Crippen LogP contribution < -0.4 is 5.32 Å². The van der Waals surface area contributed by atoms with E-state index in [1.54, 1.807) is 0 Å². The van der Waals surface area contributed by atoms with Crippen LogP contribution in [0.2, 0.25) is 0 Å². The van der Waals surface area contributed by atoms with Crippen molar-refractivity contribution in [3.63, 3.8) is 0 Å².